The Hall–Kier alpha value is -2.33. The molecule has 1 aromatic heterocycles. The molecular formula is C16H17ClF3N3O4. The third-order valence-electron chi connectivity index (χ3n) is 3.96. The number of oxazole rings is 1. The molecule has 27 heavy (non-hydrogen) atoms. The van der Waals surface area contributed by atoms with Crippen molar-refractivity contribution in [3.63, 3.8) is 0 Å². The number of carboxylic acids is 1. The average Bonchev–Trinajstić information content (AvgIpc) is 2.96. The number of aliphatic carboxylic acids is 1. The normalized spacial score (nSPS) is 19.9. The van der Waals surface area contributed by atoms with Gasteiger partial charge in [-0.1, -0.05) is 11.6 Å². The molecule has 0 atom stereocenters. The lowest BCUT2D eigenvalue weighted by atomic mass is 9.86. The summed E-state index contributed by atoms with van der Waals surface area (Å²) in [6, 6.07) is 5.62. The van der Waals surface area contributed by atoms with Crippen LogP contribution in [0.15, 0.2) is 22.6 Å². The van der Waals surface area contributed by atoms with Gasteiger partial charge in [0.2, 0.25) is 5.91 Å². The summed E-state index contributed by atoms with van der Waals surface area (Å²) in [7, 11) is 0. The molecule has 1 aliphatic rings. The minimum Gasteiger partial charge on any atom is -0.475 e. The Morgan fingerprint density at radius 3 is 2.41 bits per heavy atom. The van der Waals surface area contributed by atoms with Crippen LogP contribution >= 0.6 is 11.6 Å². The zero-order valence-electron chi connectivity index (χ0n) is 13.9. The van der Waals surface area contributed by atoms with Crippen LogP contribution in [0.5, 0.6) is 0 Å². The molecule has 0 aliphatic heterocycles. The summed E-state index contributed by atoms with van der Waals surface area (Å²) in [6.07, 6.45) is -1.67. The molecule has 0 unspecified atom stereocenters. The standard InChI is InChI=1S/C14H16ClN3O2.C2HF3O2/c15-9-3-6-12-11(7-9)17-14(20-12)18-13(19)8-1-4-10(16)5-2-8;3-2(4,5)1(6)7/h3,6-8,10H,1-2,4-5,16H2,(H,17,18,19);(H,6,7)/t8-,10-;. The fraction of sp³-hybridized carbons (Fsp3) is 0.438. The number of halogens is 4. The number of anilines is 1. The van der Waals surface area contributed by atoms with Crippen molar-refractivity contribution in [3.8, 4) is 0 Å². The third kappa shape index (κ3) is 6.10. The Kier molecular flexibility index (Phi) is 6.66. The van der Waals surface area contributed by atoms with Gasteiger partial charge in [-0.25, -0.2) is 4.79 Å². The van der Waals surface area contributed by atoms with E-state index in [1.165, 1.54) is 0 Å². The molecule has 11 heteroatoms. The first-order valence-corrected chi connectivity index (χ1v) is 8.36. The molecule has 2 aromatic rings. The van der Waals surface area contributed by atoms with E-state index in [9.17, 15) is 18.0 Å². The van der Waals surface area contributed by atoms with Crippen LogP contribution in [0.4, 0.5) is 19.2 Å². The van der Waals surface area contributed by atoms with Gasteiger partial charge >= 0.3 is 18.2 Å². The van der Waals surface area contributed by atoms with Crippen LogP contribution in [-0.4, -0.2) is 34.2 Å². The van der Waals surface area contributed by atoms with Crippen molar-refractivity contribution in [1.82, 2.24) is 4.98 Å². The number of aromatic nitrogens is 1. The minimum atomic E-state index is -5.08. The highest BCUT2D eigenvalue weighted by Crippen LogP contribution is 2.26. The zero-order chi connectivity index (χ0) is 20.2. The van der Waals surface area contributed by atoms with Crippen molar-refractivity contribution in [2.45, 2.75) is 37.9 Å². The van der Waals surface area contributed by atoms with E-state index in [1.807, 2.05) is 0 Å². The van der Waals surface area contributed by atoms with Crippen LogP contribution in [0.25, 0.3) is 11.1 Å². The van der Waals surface area contributed by atoms with E-state index in [0.717, 1.165) is 25.7 Å². The number of amides is 1. The molecule has 1 fully saturated rings. The fourth-order valence-electron chi connectivity index (χ4n) is 2.54. The number of nitrogens with two attached hydrogens (primary N) is 1. The van der Waals surface area contributed by atoms with Gasteiger partial charge in [-0.3, -0.25) is 10.1 Å². The average molecular weight is 408 g/mol. The first-order chi connectivity index (χ1) is 12.6. The van der Waals surface area contributed by atoms with Crippen molar-refractivity contribution >= 4 is 40.6 Å². The van der Waals surface area contributed by atoms with Crippen LogP contribution in [0, 0.1) is 5.92 Å². The van der Waals surface area contributed by atoms with E-state index >= 15 is 0 Å². The molecule has 1 heterocycles. The summed E-state index contributed by atoms with van der Waals surface area (Å²) in [5.41, 5.74) is 7.08. The molecular weight excluding hydrogens is 391 g/mol. The molecule has 4 N–H and O–H groups in total. The van der Waals surface area contributed by atoms with Gasteiger partial charge in [0.15, 0.2) is 5.58 Å². The van der Waals surface area contributed by atoms with Gasteiger partial charge in [0.25, 0.3) is 0 Å². The number of hydrogen-bond donors (Lipinski definition) is 3. The Labute approximate surface area is 156 Å². The molecule has 0 saturated heterocycles. The lowest BCUT2D eigenvalue weighted by Crippen LogP contribution is -2.32. The molecule has 0 radical (unpaired) electrons. The second-order valence-corrected chi connectivity index (χ2v) is 6.47. The second-order valence-electron chi connectivity index (χ2n) is 6.03. The molecule has 1 amide bonds. The quantitative estimate of drug-likeness (QED) is 0.700. The summed E-state index contributed by atoms with van der Waals surface area (Å²) in [5.74, 6) is -2.81. The molecule has 148 valence electrons. The Bertz CT molecular complexity index is 817. The highest BCUT2D eigenvalue weighted by atomic mass is 35.5. The number of nitrogens with zero attached hydrogens (tertiary/aromatic N) is 1. The number of benzene rings is 1. The topological polar surface area (TPSA) is 118 Å². The second kappa shape index (κ2) is 8.57. The summed E-state index contributed by atoms with van der Waals surface area (Å²) < 4.78 is 37.2. The number of hydrogen-bond acceptors (Lipinski definition) is 5. The van der Waals surface area contributed by atoms with Gasteiger partial charge in [-0.2, -0.15) is 18.2 Å². The van der Waals surface area contributed by atoms with Crippen molar-refractivity contribution in [3.05, 3.63) is 23.2 Å². The van der Waals surface area contributed by atoms with Gasteiger partial charge in [0.05, 0.1) is 0 Å². The molecule has 1 aliphatic carbocycles. The maximum atomic E-state index is 12.1. The monoisotopic (exact) mass is 407 g/mol. The van der Waals surface area contributed by atoms with Gasteiger partial charge in [-0.05, 0) is 43.9 Å². The molecule has 0 spiro atoms. The van der Waals surface area contributed by atoms with Crippen LogP contribution in [-0.2, 0) is 9.59 Å². The van der Waals surface area contributed by atoms with Gasteiger partial charge in [0.1, 0.15) is 5.52 Å². The lowest BCUT2D eigenvalue weighted by molar-refractivity contribution is -0.192. The van der Waals surface area contributed by atoms with E-state index in [1.54, 1.807) is 18.2 Å². The van der Waals surface area contributed by atoms with Gasteiger partial charge in [0, 0.05) is 17.0 Å². The number of rotatable bonds is 2. The number of fused-ring (bicyclic) bond motifs is 1. The van der Waals surface area contributed by atoms with Crippen LogP contribution in [0.3, 0.4) is 0 Å². The summed E-state index contributed by atoms with van der Waals surface area (Å²) >= 11 is 5.89. The summed E-state index contributed by atoms with van der Waals surface area (Å²) in [5, 5.41) is 10.4. The largest absolute Gasteiger partial charge is 0.490 e. The maximum Gasteiger partial charge on any atom is 0.490 e. The van der Waals surface area contributed by atoms with Crippen molar-refractivity contribution in [2.75, 3.05) is 5.32 Å². The predicted octanol–water partition coefficient (Wildman–Crippen LogP) is 3.57. The number of carbonyl (C=O) groups is 2. The van der Waals surface area contributed by atoms with Crippen LogP contribution in [0.1, 0.15) is 25.7 Å². The third-order valence-corrected chi connectivity index (χ3v) is 4.20. The maximum absolute atomic E-state index is 12.1. The van der Waals surface area contributed by atoms with Crippen molar-refractivity contribution in [1.29, 1.82) is 0 Å². The first kappa shape index (κ1) is 21.0. The number of carbonyl (C=O) groups excluding carboxylic acids is 1. The number of nitrogens with one attached hydrogen (secondary N) is 1. The molecule has 1 aromatic carbocycles. The highest BCUT2D eigenvalue weighted by molar-refractivity contribution is 6.31. The van der Waals surface area contributed by atoms with E-state index in [2.05, 4.69) is 10.3 Å². The van der Waals surface area contributed by atoms with Gasteiger partial charge < -0.3 is 15.3 Å². The number of alkyl halides is 3. The lowest BCUT2D eigenvalue weighted by Gasteiger charge is -2.24. The Morgan fingerprint density at radius 2 is 1.85 bits per heavy atom. The van der Waals surface area contributed by atoms with E-state index in [4.69, 9.17) is 31.7 Å². The number of carboxylic acid groups (broad SMARTS) is 1. The summed E-state index contributed by atoms with van der Waals surface area (Å²) in [6.45, 7) is 0. The van der Waals surface area contributed by atoms with Crippen molar-refractivity contribution in [2.24, 2.45) is 11.7 Å². The van der Waals surface area contributed by atoms with Crippen molar-refractivity contribution < 1.29 is 32.3 Å². The minimum absolute atomic E-state index is 0.00611. The fourth-order valence-corrected chi connectivity index (χ4v) is 2.71. The van der Waals surface area contributed by atoms with E-state index in [-0.39, 0.29) is 23.9 Å². The highest BCUT2D eigenvalue weighted by Gasteiger charge is 2.38. The predicted molar refractivity (Wildman–Crippen MR) is 91.3 cm³/mol. The molecule has 1 saturated carbocycles. The first-order valence-electron chi connectivity index (χ1n) is 7.99. The Balaban J connectivity index is 0.000000321. The van der Waals surface area contributed by atoms with E-state index in [0.29, 0.717) is 16.1 Å². The van der Waals surface area contributed by atoms with Crippen LogP contribution < -0.4 is 11.1 Å². The molecule has 7 nitrogen and oxygen atoms in total. The smallest absolute Gasteiger partial charge is 0.475 e. The van der Waals surface area contributed by atoms with Gasteiger partial charge in [-0.15, -0.1) is 0 Å². The van der Waals surface area contributed by atoms with E-state index < -0.39 is 12.1 Å². The molecule has 3 rings (SSSR count). The summed E-state index contributed by atoms with van der Waals surface area (Å²) in [4.78, 5) is 25.3. The Morgan fingerprint density at radius 1 is 1.26 bits per heavy atom. The SMILES string of the molecule is N[C@H]1CC[C@H](C(=O)Nc2nc3cc(Cl)ccc3o2)CC1.O=C(O)C(F)(F)F. The zero-order valence-corrected chi connectivity index (χ0v) is 14.7. The van der Waals surface area contributed by atoms with Crippen LogP contribution in [0.2, 0.25) is 5.02 Å². The molecule has 0 bridgehead atoms.